The van der Waals surface area contributed by atoms with Crippen LogP contribution in [-0.2, 0) is 36.8 Å². The molecule has 236 valence electrons. The smallest absolute Gasteiger partial charge is 0.326 e. The van der Waals surface area contributed by atoms with Crippen molar-refractivity contribution in [2.45, 2.75) is 56.3 Å². The van der Waals surface area contributed by atoms with Gasteiger partial charge in [-0.3, -0.25) is 24.2 Å². The molecule has 3 rings (SSSR count). The van der Waals surface area contributed by atoms with E-state index in [9.17, 15) is 29.1 Å². The van der Waals surface area contributed by atoms with Crippen LogP contribution in [0.4, 0.5) is 0 Å². The van der Waals surface area contributed by atoms with Gasteiger partial charge in [0.05, 0.1) is 18.8 Å². The number of nitrogens with one attached hydrogen (secondary N) is 5. The molecule has 0 bridgehead atoms. The molecule has 0 aliphatic carbocycles. The van der Waals surface area contributed by atoms with Crippen LogP contribution in [0.15, 0.2) is 48.0 Å². The molecule has 3 amide bonds. The van der Waals surface area contributed by atoms with E-state index in [4.69, 9.17) is 22.3 Å². The third-order valence-electron chi connectivity index (χ3n) is 6.63. The number of fused-ring (bicyclic) bond motifs is 1. The van der Waals surface area contributed by atoms with Crippen LogP contribution in [0.1, 0.15) is 30.5 Å². The second-order valence-electron chi connectivity index (χ2n) is 10.0. The quantitative estimate of drug-likeness (QED) is 0.0455. The van der Waals surface area contributed by atoms with Crippen LogP contribution in [-0.4, -0.2) is 91.5 Å². The molecule has 2 heterocycles. The fraction of sp³-hybridized carbons (Fsp3) is 0.370. The van der Waals surface area contributed by atoms with E-state index in [1.54, 1.807) is 12.3 Å². The first-order chi connectivity index (χ1) is 20.9. The van der Waals surface area contributed by atoms with Gasteiger partial charge in [-0.2, -0.15) is 0 Å². The number of carboxylic acids is 2. The number of amides is 3. The second kappa shape index (κ2) is 15.7. The number of hydrogen-bond donors (Lipinski definition) is 10. The average molecular weight is 613 g/mol. The highest BCUT2D eigenvalue weighted by molar-refractivity contribution is 5.95. The Morgan fingerprint density at radius 2 is 1.59 bits per heavy atom. The highest BCUT2D eigenvalue weighted by atomic mass is 16.4. The number of carboxylic acid groups (broad SMARTS) is 2. The Labute approximate surface area is 251 Å². The lowest BCUT2D eigenvalue weighted by Crippen LogP contribution is -2.58. The summed E-state index contributed by atoms with van der Waals surface area (Å²) in [4.78, 5) is 76.3. The largest absolute Gasteiger partial charge is 0.481 e. The minimum absolute atomic E-state index is 0.0109. The maximum absolute atomic E-state index is 13.6. The van der Waals surface area contributed by atoms with Crippen molar-refractivity contribution in [1.82, 2.24) is 30.9 Å². The Hall–Kier alpha value is -5.45. The van der Waals surface area contributed by atoms with Gasteiger partial charge in [0, 0.05) is 48.4 Å². The predicted molar refractivity (Wildman–Crippen MR) is 158 cm³/mol. The third kappa shape index (κ3) is 9.83. The SMILES string of the molecule is NC(N)=NCCCC(NC(=O)C(Cc1c[nH]c2ccccc12)NC(=O)C(N)CC(=O)O)C(=O)NC(Cc1cnc[nH]1)C(=O)O. The Morgan fingerprint density at radius 3 is 2.25 bits per heavy atom. The number of nitrogens with zero attached hydrogens (tertiary/aromatic N) is 2. The Balaban J connectivity index is 1.84. The lowest BCUT2D eigenvalue weighted by Gasteiger charge is -2.25. The van der Waals surface area contributed by atoms with Gasteiger partial charge in [-0.05, 0) is 24.5 Å². The summed E-state index contributed by atoms with van der Waals surface area (Å²) in [7, 11) is 0. The van der Waals surface area contributed by atoms with E-state index in [1.165, 1.54) is 12.5 Å². The molecule has 17 nitrogen and oxygen atoms in total. The lowest BCUT2D eigenvalue weighted by atomic mass is 10.0. The molecule has 0 fully saturated rings. The summed E-state index contributed by atoms with van der Waals surface area (Å²) >= 11 is 0. The summed E-state index contributed by atoms with van der Waals surface area (Å²) in [6.07, 6.45) is 3.89. The first-order valence-electron chi connectivity index (χ1n) is 13.6. The van der Waals surface area contributed by atoms with E-state index < -0.39 is 60.2 Å². The van der Waals surface area contributed by atoms with Gasteiger partial charge in [-0.25, -0.2) is 9.78 Å². The molecular weight excluding hydrogens is 576 g/mol. The number of H-pyrrole nitrogens is 2. The summed E-state index contributed by atoms with van der Waals surface area (Å²) in [5, 5.41) is 27.1. The normalized spacial score (nSPS) is 13.7. The maximum Gasteiger partial charge on any atom is 0.326 e. The number of nitrogens with two attached hydrogens (primary N) is 3. The molecule has 1 aromatic carbocycles. The van der Waals surface area contributed by atoms with Crippen molar-refractivity contribution >= 4 is 46.5 Å². The number of carbonyl (C=O) groups excluding carboxylic acids is 3. The van der Waals surface area contributed by atoms with Gasteiger partial charge in [0.25, 0.3) is 0 Å². The van der Waals surface area contributed by atoms with Gasteiger partial charge in [0.1, 0.15) is 18.1 Å². The molecule has 4 atom stereocenters. The molecule has 0 saturated carbocycles. The first kappa shape index (κ1) is 33.1. The van der Waals surface area contributed by atoms with E-state index in [0.717, 1.165) is 10.9 Å². The zero-order valence-corrected chi connectivity index (χ0v) is 23.7. The number of hydrogen-bond acceptors (Lipinski definition) is 8. The standard InChI is InChI=1S/C27H36N10O7/c28-17(10-22(38)39)23(40)36-20(8-14-11-33-18-5-2-1-4-16(14)18)25(42)35-19(6-3-7-32-27(29)30)24(41)37-21(26(43)44)9-15-12-31-13-34-15/h1-2,4-5,11-13,17,19-21,33H,3,6-10,28H2,(H,31,34)(H,35,42)(H,36,40)(H,37,41)(H,38,39)(H,43,44)(H4,29,30,32). The topological polar surface area (TPSA) is 297 Å². The van der Waals surface area contributed by atoms with Crippen molar-refractivity contribution in [2.75, 3.05) is 6.54 Å². The summed E-state index contributed by atoms with van der Waals surface area (Å²) in [5.74, 6) is -5.24. The number of benzene rings is 1. The molecule has 13 N–H and O–H groups in total. The van der Waals surface area contributed by atoms with Gasteiger partial charge < -0.3 is 53.3 Å². The lowest BCUT2D eigenvalue weighted by molar-refractivity contribution is -0.142. The molecule has 4 unspecified atom stereocenters. The Kier molecular flexibility index (Phi) is 11.8. The number of aromatic amines is 2. The van der Waals surface area contributed by atoms with E-state index in [2.05, 4.69) is 35.9 Å². The number of guanidine groups is 1. The van der Waals surface area contributed by atoms with Crippen molar-refractivity contribution in [3.8, 4) is 0 Å². The number of aliphatic carboxylic acids is 2. The number of carbonyl (C=O) groups is 5. The van der Waals surface area contributed by atoms with Crippen molar-refractivity contribution < 1.29 is 34.2 Å². The van der Waals surface area contributed by atoms with Crippen LogP contribution in [0.5, 0.6) is 0 Å². The molecular formula is C27H36N10O7. The summed E-state index contributed by atoms with van der Waals surface area (Å²) in [6.45, 7) is 0.123. The van der Waals surface area contributed by atoms with Crippen molar-refractivity contribution in [3.63, 3.8) is 0 Å². The number of aromatic nitrogens is 3. The van der Waals surface area contributed by atoms with Crippen molar-refractivity contribution in [2.24, 2.45) is 22.2 Å². The number of rotatable bonds is 17. The summed E-state index contributed by atoms with van der Waals surface area (Å²) in [5.41, 5.74) is 18.4. The van der Waals surface area contributed by atoms with Crippen molar-refractivity contribution in [3.05, 3.63) is 54.2 Å². The molecule has 0 radical (unpaired) electrons. The van der Waals surface area contributed by atoms with Gasteiger partial charge in [0.15, 0.2) is 5.96 Å². The van der Waals surface area contributed by atoms with Crippen LogP contribution < -0.4 is 33.2 Å². The van der Waals surface area contributed by atoms with Crippen LogP contribution >= 0.6 is 0 Å². The van der Waals surface area contributed by atoms with E-state index in [1.807, 2.05) is 18.2 Å². The fourth-order valence-corrected chi connectivity index (χ4v) is 4.42. The second-order valence-corrected chi connectivity index (χ2v) is 10.0. The first-order valence-corrected chi connectivity index (χ1v) is 13.6. The number of para-hydroxylation sites is 1. The highest BCUT2D eigenvalue weighted by Crippen LogP contribution is 2.19. The van der Waals surface area contributed by atoms with Crippen LogP contribution in [0, 0.1) is 0 Å². The number of imidazole rings is 1. The highest BCUT2D eigenvalue weighted by Gasteiger charge is 2.31. The van der Waals surface area contributed by atoms with Gasteiger partial charge in [-0.1, -0.05) is 18.2 Å². The van der Waals surface area contributed by atoms with E-state index in [-0.39, 0.29) is 38.2 Å². The fourth-order valence-electron chi connectivity index (χ4n) is 4.42. The molecule has 0 saturated heterocycles. The molecule has 3 aromatic rings. The Morgan fingerprint density at radius 1 is 0.909 bits per heavy atom. The van der Waals surface area contributed by atoms with Gasteiger partial charge >= 0.3 is 11.9 Å². The molecule has 2 aromatic heterocycles. The number of aliphatic imine (C=N–C) groups is 1. The summed E-state index contributed by atoms with van der Waals surface area (Å²) < 4.78 is 0. The minimum atomic E-state index is -1.44. The predicted octanol–water partition coefficient (Wildman–Crippen LogP) is -1.93. The molecule has 0 aliphatic rings. The molecule has 44 heavy (non-hydrogen) atoms. The zero-order valence-electron chi connectivity index (χ0n) is 23.7. The average Bonchev–Trinajstić information content (AvgIpc) is 3.63. The molecule has 0 aliphatic heterocycles. The van der Waals surface area contributed by atoms with Crippen molar-refractivity contribution in [1.29, 1.82) is 0 Å². The maximum atomic E-state index is 13.6. The van der Waals surface area contributed by atoms with Crippen LogP contribution in [0.25, 0.3) is 10.9 Å². The molecule has 0 spiro atoms. The van der Waals surface area contributed by atoms with E-state index in [0.29, 0.717) is 11.3 Å². The summed E-state index contributed by atoms with van der Waals surface area (Å²) in [6, 6.07) is 1.94. The van der Waals surface area contributed by atoms with Gasteiger partial charge in [-0.15, -0.1) is 0 Å². The van der Waals surface area contributed by atoms with Crippen LogP contribution in [0.2, 0.25) is 0 Å². The van der Waals surface area contributed by atoms with Gasteiger partial charge in [0.2, 0.25) is 17.7 Å². The third-order valence-corrected chi connectivity index (χ3v) is 6.63. The van der Waals surface area contributed by atoms with E-state index >= 15 is 0 Å². The monoisotopic (exact) mass is 612 g/mol. The van der Waals surface area contributed by atoms with Crippen LogP contribution in [0.3, 0.4) is 0 Å². The molecule has 17 heteroatoms. The Bertz CT molecular complexity index is 1480. The minimum Gasteiger partial charge on any atom is -0.481 e. The zero-order chi connectivity index (χ0) is 32.2.